The molecule has 1 aliphatic heterocycles. The highest BCUT2D eigenvalue weighted by Gasteiger charge is 2.36. The summed E-state index contributed by atoms with van der Waals surface area (Å²) in [5, 5.41) is 0. The standard InChI is InChI=1S/C12H19N3O2/c13-7-9-8-17-12(14-9)15-5-6-16-11-4-2-1-3-10(11)15/h8,10-11H,1-7,13H2. The van der Waals surface area contributed by atoms with Gasteiger partial charge in [0, 0.05) is 13.1 Å². The highest BCUT2D eigenvalue weighted by Crippen LogP contribution is 2.31. The molecule has 17 heavy (non-hydrogen) atoms. The first-order chi connectivity index (χ1) is 8.38. The summed E-state index contributed by atoms with van der Waals surface area (Å²) in [6, 6.07) is 1.15. The molecular formula is C12H19N3O2. The molecule has 2 aliphatic rings. The summed E-state index contributed by atoms with van der Waals surface area (Å²) in [6.45, 7) is 2.06. The normalized spacial score (nSPS) is 29.1. The summed E-state index contributed by atoms with van der Waals surface area (Å²) in [6.07, 6.45) is 6.88. The van der Waals surface area contributed by atoms with Crippen LogP contribution in [0.3, 0.4) is 0 Å². The van der Waals surface area contributed by atoms with Gasteiger partial charge in [-0.3, -0.25) is 0 Å². The van der Waals surface area contributed by atoms with E-state index in [1.807, 2.05) is 0 Å². The summed E-state index contributed by atoms with van der Waals surface area (Å²) < 4.78 is 11.4. The molecule has 1 saturated carbocycles. The number of anilines is 1. The number of hydrogen-bond donors (Lipinski definition) is 1. The van der Waals surface area contributed by atoms with Crippen molar-refractivity contribution in [1.82, 2.24) is 4.98 Å². The molecule has 0 bridgehead atoms. The van der Waals surface area contributed by atoms with Gasteiger partial charge < -0.3 is 19.8 Å². The zero-order chi connectivity index (χ0) is 11.7. The Bertz CT molecular complexity index is 378. The lowest BCUT2D eigenvalue weighted by Gasteiger charge is -2.42. The number of ether oxygens (including phenoxy) is 1. The van der Waals surface area contributed by atoms with E-state index in [9.17, 15) is 0 Å². The molecule has 5 nitrogen and oxygen atoms in total. The minimum atomic E-state index is 0.353. The lowest BCUT2D eigenvalue weighted by Crippen LogP contribution is -2.53. The molecule has 0 amide bonds. The van der Waals surface area contributed by atoms with E-state index in [2.05, 4.69) is 9.88 Å². The number of morpholine rings is 1. The Kier molecular flexibility index (Phi) is 3.03. The quantitative estimate of drug-likeness (QED) is 0.839. The molecule has 0 spiro atoms. The van der Waals surface area contributed by atoms with Gasteiger partial charge in [0.05, 0.1) is 24.4 Å². The number of aromatic nitrogens is 1. The van der Waals surface area contributed by atoms with Crippen LogP contribution < -0.4 is 10.6 Å². The van der Waals surface area contributed by atoms with Crippen molar-refractivity contribution in [3.05, 3.63) is 12.0 Å². The smallest absolute Gasteiger partial charge is 0.297 e. The first-order valence-electron chi connectivity index (χ1n) is 6.41. The topological polar surface area (TPSA) is 64.5 Å². The molecular weight excluding hydrogens is 218 g/mol. The minimum Gasteiger partial charge on any atom is -0.432 e. The second-order valence-corrected chi connectivity index (χ2v) is 4.78. The maximum atomic E-state index is 5.83. The van der Waals surface area contributed by atoms with Crippen molar-refractivity contribution in [3.63, 3.8) is 0 Å². The van der Waals surface area contributed by atoms with Crippen LogP contribution in [0, 0.1) is 0 Å². The van der Waals surface area contributed by atoms with Gasteiger partial charge in [0.2, 0.25) is 0 Å². The van der Waals surface area contributed by atoms with Crippen molar-refractivity contribution in [2.24, 2.45) is 5.73 Å². The Labute approximate surface area is 101 Å². The fourth-order valence-electron chi connectivity index (χ4n) is 2.86. The fraction of sp³-hybridized carbons (Fsp3) is 0.750. The van der Waals surface area contributed by atoms with Gasteiger partial charge in [-0.05, 0) is 12.8 Å². The van der Waals surface area contributed by atoms with Crippen molar-refractivity contribution >= 4 is 6.01 Å². The first kappa shape index (κ1) is 11.0. The maximum Gasteiger partial charge on any atom is 0.297 e. The van der Waals surface area contributed by atoms with Crippen molar-refractivity contribution < 1.29 is 9.15 Å². The van der Waals surface area contributed by atoms with Crippen LogP contribution in [0.25, 0.3) is 0 Å². The average Bonchev–Trinajstić information content (AvgIpc) is 2.87. The van der Waals surface area contributed by atoms with Gasteiger partial charge in [-0.25, -0.2) is 0 Å². The molecule has 94 valence electrons. The SMILES string of the molecule is NCc1coc(N2CCOC3CCCCC32)n1. The molecule has 1 saturated heterocycles. The van der Waals surface area contributed by atoms with Crippen LogP contribution in [0.1, 0.15) is 31.4 Å². The molecule has 5 heteroatoms. The van der Waals surface area contributed by atoms with Gasteiger partial charge in [-0.15, -0.1) is 0 Å². The van der Waals surface area contributed by atoms with Crippen LogP contribution in [0.2, 0.25) is 0 Å². The molecule has 1 aromatic heterocycles. The predicted molar refractivity (Wildman–Crippen MR) is 63.7 cm³/mol. The third-order valence-electron chi connectivity index (χ3n) is 3.73. The Morgan fingerprint density at radius 1 is 1.41 bits per heavy atom. The van der Waals surface area contributed by atoms with Gasteiger partial charge in [0.1, 0.15) is 6.26 Å². The van der Waals surface area contributed by atoms with E-state index in [1.165, 1.54) is 19.3 Å². The third-order valence-corrected chi connectivity index (χ3v) is 3.73. The maximum absolute atomic E-state index is 5.83. The Morgan fingerprint density at radius 3 is 3.12 bits per heavy atom. The van der Waals surface area contributed by atoms with Crippen molar-refractivity contribution in [3.8, 4) is 0 Å². The Balaban J connectivity index is 1.80. The average molecular weight is 237 g/mol. The molecule has 3 rings (SSSR count). The van der Waals surface area contributed by atoms with Crippen molar-refractivity contribution in [2.45, 2.75) is 44.4 Å². The van der Waals surface area contributed by atoms with E-state index in [0.29, 0.717) is 24.7 Å². The fourth-order valence-corrected chi connectivity index (χ4v) is 2.86. The molecule has 1 aromatic rings. The van der Waals surface area contributed by atoms with Crippen LogP contribution in [-0.4, -0.2) is 30.3 Å². The molecule has 2 unspecified atom stereocenters. The van der Waals surface area contributed by atoms with Crippen LogP contribution in [0.5, 0.6) is 0 Å². The molecule has 0 aromatic carbocycles. The van der Waals surface area contributed by atoms with Crippen molar-refractivity contribution in [1.29, 1.82) is 0 Å². The number of oxazole rings is 1. The monoisotopic (exact) mass is 237 g/mol. The van der Waals surface area contributed by atoms with Gasteiger partial charge in [-0.2, -0.15) is 4.98 Å². The zero-order valence-corrected chi connectivity index (χ0v) is 9.97. The lowest BCUT2D eigenvalue weighted by molar-refractivity contribution is -0.0106. The zero-order valence-electron chi connectivity index (χ0n) is 9.97. The van der Waals surface area contributed by atoms with Crippen LogP contribution in [0.15, 0.2) is 10.7 Å². The minimum absolute atomic E-state index is 0.353. The first-order valence-corrected chi connectivity index (χ1v) is 6.41. The lowest BCUT2D eigenvalue weighted by atomic mass is 9.90. The predicted octanol–water partition coefficient (Wildman–Crippen LogP) is 1.28. The molecule has 2 heterocycles. The van der Waals surface area contributed by atoms with E-state index < -0.39 is 0 Å². The van der Waals surface area contributed by atoms with Gasteiger partial charge in [0.25, 0.3) is 6.01 Å². The molecule has 0 radical (unpaired) electrons. The number of nitrogens with two attached hydrogens (primary N) is 1. The summed E-state index contributed by atoms with van der Waals surface area (Å²) in [5.41, 5.74) is 6.38. The van der Waals surface area contributed by atoms with Gasteiger partial charge >= 0.3 is 0 Å². The Morgan fingerprint density at radius 2 is 2.29 bits per heavy atom. The molecule has 2 fully saturated rings. The second-order valence-electron chi connectivity index (χ2n) is 4.78. The number of fused-ring (bicyclic) bond motifs is 1. The van der Waals surface area contributed by atoms with E-state index in [-0.39, 0.29) is 0 Å². The summed E-state index contributed by atoms with van der Waals surface area (Å²) >= 11 is 0. The van der Waals surface area contributed by atoms with Gasteiger partial charge in [0.15, 0.2) is 0 Å². The second kappa shape index (κ2) is 4.66. The summed E-state index contributed by atoms with van der Waals surface area (Å²) in [5.74, 6) is 0. The number of nitrogens with zero attached hydrogens (tertiary/aromatic N) is 2. The van der Waals surface area contributed by atoms with Crippen molar-refractivity contribution in [2.75, 3.05) is 18.1 Å². The van der Waals surface area contributed by atoms with Crippen LogP contribution in [-0.2, 0) is 11.3 Å². The summed E-state index contributed by atoms with van der Waals surface area (Å²) in [7, 11) is 0. The summed E-state index contributed by atoms with van der Waals surface area (Å²) in [4.78, 5) is 6.68. The van der Waals surface area contributed by atoms with E-state index in [4.69, 9.17) is 14.9 Å². The molecule has 2 atom stereocenters. The molecule has 2 N–H and O–H groups in total. The van der Waals surface area contributed by atoms with E-state index in [1.54, 1.807) is 6.26 Å². The number of hydrogen-bond acceptors (Lipinski definition) is 5. The van der Waals surface area contributed by atoms with Gasteiger partial charge in [-0.1, -0.05) is 12.8 Å². The van der Waals surface area contributed by atoms with E-state index in [0.717, 1.165) is 25.3 Å². The largest absolute Gasteiger partial charge is 0.432 e. The third kappa shape index (κ3) is 2.05. The highest BCUT2D eigenvalue weighted by atomic mass is 16.5. The van der Waals surface area contributed by atoms with Crippen LogP contribution >= 0.6 is 0 Å². The van der Waals surface area contributed by atoms with Crippen LogP contribution in [0.4, 0.5) is 6.01 Å². The molecule has 1 aliphatic carbocycles. The Hall–Kier alpha value is -1.07. The van der Waals surface area contributed by atoms with E-state index >= 15 is 0 Å². The highest BCUT2D eigenvalue weighted by molar-refractivity contribution is 5.31. The number of rotatable bonds is 2.